The van der Waals surface area contributed by atoms with Gasteiger partial charge in [-0.25, -0.2) is 4.98 Å². The topological polar surface area (TPSA) is 87.0 Å². The summed E-state index contributed by atoms with van der Waals surface area (Å²) in [5, 5.41) is 14.7. The Morgan fingerprint density at radius 1 is 1.33 bits per heavy atom. The molecule has 21 heavy (non-hydrogen) atoms. The van der Waals surface area contributed by atoms with Crippen LogP contribution in [0.2, 0.25) is 0 Å². The van der Waals surface area contributed by atoms with Crippen LogP contribution < -0.4 is 0 Å². The number of hydrogen-bond donors (Lipinski definition) is 0. The van der Waals surface area contributed by atoms with Gasteiger partial charge < -0.3 is 9.09 Å². The number of nitrogens with zero attached hydrogens (tertiary/aromatic N) is 4. The van der Waals surface area contributed by atoms with Gasteiger partial charge in [-0.15, -0.1) is 0 Å². The largest absolute Gasteiger partial charge is 0.361 e. The summed E-state index contributed by atoms with van der Waals surface area (Å²) < 4.78 is 6.74. The molecule has 0 unspecified atom stereocenters. The van der Waals surface area contributed by atoms with E-state index in [4.69, 9.17) is 4.52 Å². The summed E-state index contributed by atoms with van der Waals surface area (Å²) in [6, 6.07) is 5.06. The molecule has 0 N–H and O–H groups in total. The number of benzene rings is 1. The second-order valence-corrected chi connectivity index (χ2v) is 4.69. The molecule has 3 aromatic rings. The highest BCUT2D eigenvalue weighted by Gasteiger charge is 2.14. The first-order chi connectivity index (χ1) is 10.1. The molecule has 2 heterocycles. The van der Waals surface area contributed by atoms with Crippen LogP contribution in [-0.4, -0.2) is 19.6 Å². The molecule has 2 aromatic heterocycles. The van der Waals surface area contributed by atoms with E-state index in [-0.39, 0.29) is 10.6 Å². The van der Waals surface area contributed by atoms with Gasteiger partial charge in [-0.2, -0.15) is 0 Å². The molecule has 0 amide bonds. The van der Waals surface area contributed by atoms with Crippen molar-refractivity contribution in [2.75, 3.05) is 0 Å². The van der Waals surface area contributed by atoms with Crippen molar-refractivity contribution in [1.82, 2.24) is 14.7 Å². The van der Waals surface area contributed by atoms with Crippen LogP contribution in [0.4, 0.5) is 5.69 Å². The van der Waals surface area contributed by atoms with E-state index >= 15 is 0 Å². The first-order valence-electron chi connectivity index (χ1n) is 6.27. The van der Waals surface area contributed by atoms with Crippen LogP contribution in [0.5, 0.6) is 0 Å². The smallest absolute Gasteiger partial charge is 0.274 e. The summed E-state index contributed by atoms with van der Waals surface area (Å²) in [6.45, 7) is 3.51. The minimum atomic E-state index is -0.388. The van der Waals surface area contributed by atoms with Gasteiger partial charge in [0, 0.05) is 17.8 Å². The van der Waals surface area contributed by atoms with Crippen molar-refractivity contribution in [1.29, 1.82) is 0 Å². The summed E-state index contributed by atoms with van der Waals surface area (Å²) in [5.41, 5.74) is 2.90. The van der Waals surface area contributed by atoms with Crippen LogP contribution in [0, 0.1) is 24.0 Å². The minimum absolute atomic E-state index is 0.0870. The zero-order valence-electron chi connectivity index (χ0n) is 11.5. The van der Waals surface area contributed by atoms with E-state index in [1.165, 1.54) is 6.07 Å². The maximum atomic E-state index is 11.0. The average Bonchev–Trinajstić information content (AvgIpc) is 3.07. The number of nitro groups is 1. The first-order valence-corrected chi connectivity index (χ1v) is 6.27. The number of hydrogen-bond acceptors (Lipinski definition) is 5. The molecule has 0 atom stereocenters. The average molecular weight is 284 g/mol. The van der Waals surface area contributed by atoms with Crippen LogP contribution in [0.3, 0.4) is 0 Å². The second kappa shape index (κ2) is 4.86. The van der Waals surface area contributed by atoms with E-state index in [0.717, 1.165) is 5.56 Å². The number of aromatic nitrogens is 3. The Morgan fingerprint density at radius 2 is 2.14 bits per heavy atom. The molecule has 1 aromatic carbocycles. The van der Waals surface area contributed by atoms with Crippen molar-refractivity contribution >= 4 is 5.69 Å². The third kappa shape index (κ3) is 2.29. The highest BCUT2D eigenvalue weighted by molar-refractivity contribution is 5.60. The molecule has 3 rings (SSSR count). The molecule has 0 spiro atoms. The molecule has 0 bridgehead atoms. The van der Waals surface area contributed by atoms with Gasteiger partial charge in [-0.05, 0) is 19.9 Å². The normalized spacial score (nSPS) is 10.8. The van der Waals surface area contributed by atoms with Gasteiger partial charge in [0.15, 0.2) is 0 Å². The van der Waals surface area contributed by atoms with Crippen molar-refractivity contribution < 1.29 is 9.45 Å². The monoisotopic (exact) mass is 284 g/mol. The van der Waals surface area contributed by atoms with E-state index < -0.39 is 0 Å². The molecule has 0 radical (unpaired) electrons. The Balaban J connectivity index is 2.03. The van der Waals surface area contributed by atoms with Gasteiger partial charge in [-0.1, -0.05) is 11.2 Å². The minimum Gasteiger partial charge on any atom is -0.361 e. The second-order valence-electron chi connectivity index (χ2n) is 4.69. The number of aryl methyl sites for hydroxylation is 2. The van der Waals surface area contributed by atoms with Gasteiger partial charge in [0.2, 0.25) is 0 Å². The highest BCUT2D eigenvalue weighted by atomic mass is 16.6. The molecule has 7 heteroatoms. The van der Waals surface area contributed by atoms with E-state index in [0.29, 0.717) is 22.7 Å². The quantitative estimate of drug-likeness (QED) is 0.545. The predicted octanol–water partition coefficient (Wildman–Crippen LogP) is 3.05. The van der Waals surface area contributed by atoms with E-state index in [2.05, 4.69) is 10.1 Å². The molecule has 0 aliphatic carbocycles. The third-order valence-electron chi connectivity index (χ3n) is 3.30. The van der Waals surface area contributed by atoms with Crippen LogP contribution >= 0.6 is 0 Å². The zero-order valence-corrected chi connectivity index (χ0v) is 11.5. The van der Waals surface area contributed by atoms with Crippen molar-refractivity contribution in [2.45, 2.75) is 13.8 Å². The Bertz CT molecular complexity index is 819. The molecule has 0 fully saturated rings. The molecular weight excluding hydrogens is 272 g/mol. The molecule has 106 valence electrons. The van der Waals surface area contributed by atoms with Crippen LogP contribution in [0.15, 0.2) is 41.4 Å². The SMILES string of the molecule is Cc1ccc(-n2cnc(-c3cnoc3C)c2)cc1[N+](=O)[O-]. The Morgan fingerprint density at radius 3 is 2.81 bits per heavy atom. The highest BCUT2D eigenvalue weighted by Crippen LogP contribution is 2.25. The van der Waals surface area contributed by atoms with Gasteiger partial charge in [0.05, 0.1) is 34.4 Å². The van der Waals surface area contributed by atoms with Crippen LogP contribution in [0.25, 0.3) is 16.9 Å². The standard InChI is InChI=1S/C14H12N4O3/c1-9-3-4-11(5-14(9)18(19)20)17-7-13(15-8-17)12-6-16-21-10(12)2/h3-8H,1-2H3. The molecule has 0 aliphatic heterocycles. The van der Waals surface area contributed by atoms with Crippen molar-refractivity contribution in [3.05, 3.63) is 58.4 Å². The molecule has 7 nitrogen and oxygen atoms in total. The summed E-state index contributed by atoms with van der Waals surface area (Å²) in [7, 11) is 0. The van der Waals surface area contributed by atoms with Gasteiger partial charge in [-0.3, -0.25) is 10.1 Å². The van der Waals surface area contributed by atoms with E-state index in [1.807, 2.05) is 6.07 Å². The maximum Gasteiger partial charge on any atom is 0.274 e. The lowest BCUT2D eigenvalue weighted by Crippen LogP contribution is -1.95. The summed E-state index contributed by atoms with van der Waals surface area (Å²) in [6.07, 6.45) is 4.99. The van der Waals surface area contributed by atoms with E-state index in [1.54, 1.807) is 43.2 Å². The maximum absolute atomic E-state index is 11.0. The molecular formula is C14H12N4O3. The zero-order chi connectivity index (χ0) is 15.0. The first kappa shape index (κ1) is 13.0. The molecule has 0 aliphatic rings. The summed E-state index contributed by atoms with van der Waals surface area (Å²) >= 11 is 0. The van der Waals surface area contributed by atoms with Crippen molar-refractivity contribution in [3.8, 4) is 16.9 Å². The van der Waals surface area contributed by atoms with Crippen molar-refractivity contribution in [2.24, 2.45) is 0 Å². The Labute approximate surface area is 120 Å². The van der Waals surface area contributed by atoms with Crippen LogP contribution in [-0.2, 0) is 0 Å². The Hall–Kier alpha value is -2.96. The summed E-state index contributed by atoms with van der Waals surface area (Å²) in [5.74, 6) is 0.676. The fraction of sp³-hybridized carbons (Fsp3) is 0.143. The number of imidazole rings is 1. The van der Waals surface area contributed by atoms with Gasteiger partial charge >= 0.3 is 0 Å². The molecule has 0 saturated heterocycles. The third-order valence-corrected chi connectivity index (χ3v) is 3.30. The van der Waals surface area contributed by atoms with Crippen molar-refractivity contribution in [3.63, 3.8) is 0 Å². The van der Waals surface area contributed by atoms with Gasteiger partial charge in [0.1, 0.15) is 5.76 Å². The lowest BCUT2D eigenvalue weighted by Gasteiger charge is -2.03. The molecule has 0 saturated carbocycles. The fourth-order valence-electron chi connectivity index (χ4n) is 2.10. The predicted molar refractivity (Wildman–Crippen MR) is 75.2 cm³/mol. The van der Waals surface area contributed by atoms with Gasteiger partial charge in [0.25, 0.3) is 5.69 Å². The van der Waals surface area contributed by atoms with E-state index in [9.17, 15) is 10.1 Å². The fourth-order valence-corrected chi connectivity index (χ4v) is 2.10. The lowest BCUT2D eigenvalue weighted by atomic mass is 10.2. The number of rotatable bonds is 3. The lowest BCUT2D eigenvalue weighted by molar-refractivity contribution is -0.385. The summed E-state index contributed by atoms with van der Waals surface area (Å²) in [4.78, 5) is 14.9. The number of nitro benzene ring substituents is 1. The van der Waals surface area contributed by atoms with Crippen LogP contribution in [0.1, 0.15) is 11.3 Å². The Kier molecular flexibility index (Phi) is 3.02.